The summed E-state index contributed by atoms with van der Waals surface area (Å²) in [6.45, 7) is 9.41. The molecule has 28 heavy (non-hydrogen) atoms. The highest BCUT2D eigenvalue weighted by atomic mass is 28.4. The Labute approximate surface area is 172 Å². The molecule has 0 fully saturated rings. The van der Waals surface area contributed by atoms with Crippen molar-refractivity contribution in [3.8, 4) is 0 Å². The highest BCUT2D eigenvalue weighted by Crippen LogP contribution is 2.35. The Kier molecular flexibility index (Phi) is 6.08. The molecular formula is C25H32OSi2. The van der Waals surface area contributed by atoms with Gasteiger partial charge < -0.3 is 5.11 Å². The second kappa shape index (κ2) is 8.20. The van der Waals surface area contributed by atoms with Gasteiger partial charge >= 0.3 is 0 Å². The molecule has 0 unspecified atom stereocenters. The first-order valence-corrected chi connectivity index (χ1v) is 16.2. The molecule has 0 heterocycles. The standard InChI is InChI=1S/C25H32OSi2/c1-27(2,23-16-10-6-11-17-23)25(26,21-20-22-14-8-5-9-15-22)28(3,4)24-18-12-7-13-19-24/h5-19,26H,20-21H2,1-4H3. The fourth-order valence-corrected chi connectivity index (χ4v) is 16.2. The quantitative estimate of drug-likeness (QED) is 0.568. The molecule has 3 rings (SSSR count). The van der Waals surface area contributed by atoms with E-state index in [1.54, 1.807) is 0 Å². The first kappa shape index (κ1) is 20.8. The maximum atomic E-state index is 12.6. The van der Waals surface area contributed by atoms with E-state index >= 15 is 0 Å². The van der Waals surface area contributed by atoms with Crippen LogP contribution in [0.5, 0.6) is 0 Å². The van der Waals surface area contributed by atoms with Crippen molar-refractivity contribution < 1.29 is 5.11 Å². The van der Waals surface area contributed by atoms with Crippen LogP contribution in [0.15, 0.2) is 91.0 Å². The van der Waals surface area contributed by atoms with Gasteiger partial charge in [0.15, 0.2) is 0 Å². The zero-order chi connectivity index (χ0) is 20.3. The van der Waals surface area contributed by atoms with E-state index in [9.17, 15) is 5.11 Å². The van der Waals surface area contributed by atoms with E-state index in [1.807, 2.05) is 0 Å². The number of aryl methyl sites for hydroxylation is 1. The summed E-state index contributed by atoms with van der Waals surface area (Å²) in [7, 11) is -4.38. The summed E-state index contributed by atoms with van der Waals surface area (Å²) in [4.78, 5) is -0.668. The number of hydrogen-bond acceptors (Lipinski definition) is 1. The number of benzene rings is 3. The highest BCUT2D eigenvalue weighted by Gasteiger charge is 2.57. The molecule has 0 aliphatic heterocycles. The van der Waals surface area contributed by atoms with Crippen LogP contribution in [0, 0.1) is 0 Å². The molecular weight excluding hydrogens is 372 g/mol. The van der Waals surface area contributed by atoms with Gasteiger partial charge in [0.05, 0.1) is 4.85 Å². The average molecular weight is 405 g/mol. The fraction of sp³-hybridized carbons (Fsp3) is 0.280. The maximum absolute atomic E-state index is 12.6. The number of rotatable bonds is 7. The first-order valence-electron chi connectivity index (χ1n) is 10.2. The van der Waals surface area contributed by atoms with Crippen LogP contribution in [0.4, 0.5) is 0 Å². The summed E-state index contributed by atoms with van der Waals surface area (Å²) in [6, 6.07) is 32.0. The molecule has 3 aromatic carbocycles. The lowest BCUT2D eigenvalue weighted by Crippen LogP contribution is -2.77. The second-order valence-corrected chi connectivity index (χ2v) is 18.6. The SMILES string of the molecule is C[Si](C)(c1ccccc1)C(O)(CCc1ccccc1)[Si](C)(C)c1ccccc1. The summed E-state index contributed by atoms with van der Waals surface area (Å²) in [5.41, 5.74) is 1.30. The lowest BCUT2D eigenvalue weighted by Gasteiger charge is -2.51. The van der Waals surface area contributed by atoms with Crippen LogP contribution in [0.1, 0.15) is 12.0 Å². The van der Waals surface area contributed by atoms with Gasteiger partial charge in [-0.1, -0.05) is 128 Å². The van der Waals surface area contributed by atoms with E-state index in [-0.39, 0.29) is 0 Å². The lowest BCUT2D eigenvalue weighted by atomic mass is 10.1. The summed E-state index contributed by atoms with van der Waals surface area (Å²) < 4.78 is 0. The molecule has 0 bridgehead atoms. The average Bonchev–Trinajstić information content (AvgIpc) is 2.73. The normalized spacial score (nSPS) is 12.8. The van der Waals surface area contributed by atoms with Gasteiger partial charge in [-0.15, -0.1) is 0 Å². The van der Waals surface area contributed by atoms with E-state index in [4.69, 9.17) is 0 Å². The third-order valence-corrected chi connectivity index (χ3v) is 18.6. The van der Waals surface area contributed by atoms with E-state index in [0.29, 0.717) is 0 Å². The Morgan fingerprint density at radius 3 is 1.36 bits per heavy atom. The van der Waals surface area contributed by atoms with Crippen LogP contribution in [0.2, 0.25) is 26.2 Å². The maximum Gasteiger partial charge on any atom is 0.113 e. The Morgan fingerprint density at radius 2 is 0.964 bits per heavy atom. The Hall–Kier alpha value is -1.95. The summed E-state index contributed by atoms with van der Waals surface area (Å²) >= 11 is 0. The van der Waals surface area contributed by atoms with Crippen LogP contribution >= 0.6 is 0 Å². The van der Waals surface area contributed by atoms with Gasteiger partial charge in [-0.05, 0) is 18.4 Å². The Bertz CT molecular complexity index is 823. The van der Waals surface area contributed by atoms with Gasteiger partial charge in [0.1, 0.15) is 16.1 Å². The highest BCUT2D eigenvalue weighted by molar-refractivity contribution is 7.09. The molecule has 1 nitrogen and oxygen atoms in total. The molecule has 0 spiro atoms. The molecule has 0 saturated heterocycles. The Morgan fingerprint density at radius 1 is 0.607 bits per heavy atom. The van der Waals surface area contributed by atoms with Crippen LogP contribution in [0.25, 0.3) is 0 Å². The monoisotopic (exact) mass is 404 g/mol. The molecule has 0 aromatic heterocycles. The minimum absolute atomic E-state index is 0.668. The first-order chi connectivity index (χ1) is 13.3. The molecule has 1 N–H and O–H groups in total. The molecule has 0 aliphatic carbocycles. The van der Waals surface area contributed by atoms with E-state index < -0.39 is 21.0 Å². The van der Waals surface area contributed by atoms with Crippen molar-refractivity contribution in [3.63, 3.8) is 0 Å². The smallest absolute Gasteiger partial charge is 0.113 e. The van der Waals surface area contributed by atoms with Crippen LogP contribution in [0.3, 0.4) is 0 Å². The van der Waals surface area contributed by atoms with Crippen molar-refractivity contribution in [2.24, 2.45) is 0 Å². The zero-order valence-corrected chi connectivity index (χ0v) is 19.5. The number of aliphatic hydroxyl groups is 1. The van der Waals surface area contributed by atoms with E-state index in [2.05, 4.69) is 117 Å². The topological polar surface area (TPSA) is 20.2 Å². The summed E-state index contributed by atoms with van der Waals surface area (Å²) in [6.07, 6.45) is 1.71. The van der Waals surface area contributed by atoms with Crippen molar-refractivity contribution in [2.45, 2.75) is 43.9 Å². The molecule has 0 amide bonds. The van der Waals surface area contributed by atoms with Crippen molar-refractivity contribution >= 4 is 26.5 Å². The molecule has 0 radical (unpaired) electrons. The van der Waals surface area contributed by atoms with Gasteiger partial charge in [-0.3, -0.25) is 0 Å². The predicted molar refractivity (Wildman–Crippen MR) is 127 cm³/mol. The van der Waals surface area contributed by atoms with E-state index in [0.717, 1.165) is 12.8 Å². The van der Waals surface area contributed by atoms with E-state index in [1.165, 1.54) is 15.9 Å². The Balaban J connectivity index is 2.07. The molecule has 146 valence electrons. The molecule has 0 saturated carbocycles. The van der Waals surface area contributed by atoms with Crippen molar-refractivity contribution in [1.29, 1.82) is 0 Å². The van der Waals surface area contributed by atoms with Gasteiger partial charge in [0.25, 0.3) is 0 Å². The van der Waals surface area contributed by atoms with Crippen LogP contribution in [-0.2, 0) is 6.42 Å². The molecule has 3 aromatic rings. The van der Waals surface area contributed by atoms with Crippen LogP contribution < -0.4 is 10.4 Å². The summed E-state index contributed by atoms with van der Waals surface area (Å²) in [5.74, 6) is 0. The third kappa shape index (κ3) is 3.79. The number of hydrogen-bond donors (Lipinski definition) is 1. The van der Waals surface area contributed by atoms with Gasteiger partial charge in [-0.25, -0.2) is 0 Å². The fourth-order valence-electron chi connectivity index (χ4n) is 4.56. The minimum Gasteiger partial charge on any atom is -0.396 e. The third-order valence-electron chi connectivity index (χ3n) is 6.68. The lowest BCUT2D eigenvalue weighted by molar-refractivity contribution is 0.181. The van der Waals surface area contributed by atoms with Gasteiger partial charge in [0.2, 0.25) is 0 Å². The van der Waals surface area contributed by atoms with Gasteiger partial charge in [0, 0.05) is 0 Å². The van der Waals surface area contributed by atoms with Crippen molar-refractivity contribution in [2.75, 3.05) is 0 Å². The summed E-state index contributed by atoms with van der Waals surface area (Å²) in [5, 5.41) is 15.2. The largest absolute Gasteiger partial charge is 0.396 e. The molecule has 0 atom stereocenters. The van der Waals surface area contributed by atoms with Crippen LogP contribution in [-0.4, -0.2) is 26.1 Å². The van der Waals surface area contributed by atoms with Gasteiger partial charge in [-0.2, -0.15) is 0 Å². The minimum atomic E-state index is -2.19. The van der Waals surface area contributed by atoms with Crippen molar-refractivity contribution in [1.82, 2.24) is 0 Å². The second-order valence-electron chi connectivity index (χ2n) is 8.83. The van der Waals surface area contributed by atoms with Crippen molar-refractivity contribution in [3.05, 3.63) is 96.6 Å². The predicted octanol–water partition coefficient (Wildman–Crippen LogP) is 4.66. The molecule has 3 heteroatoms. The zero-order valence-electron chi connectivity index (χ0n) is 17.5. The molecule has 0 aliphatic rings.